The van der Waals surface area contributed by atoms with Crippen molar-refractivity contribution in [3.63, 3.8) is 0 Å². The van der Waals surface area contributed by atoms with E-state index in [2.05, 4.69) is 10.1 Å². The molecule has 0 aromatic heterocycles. The summed E-state index contributed by atoms with van der Waals surface area (Å²) < 4.78 is 18.3. The van der Waals surface area contributed by atoms with Gasteiger partial charge < -0.3 is 10.1 Å². The van der Waals surface area contributed by atoms with Crippen LogP contribution >= 0.6 is 11.6 Å². The number of methoxy groups -OCH3 is 1. The standard InChI is InChI=1S/C14H17ClFNO3/c1-8(2)6-12(14(19)20-3)17-13(18)10-5-4-9(15)7-11(10)16/h4-5,7-8,12H,6H2,1-3H3,(H,17,18). The largest absolute Gasteiger partial charge is 0.467 e. The summed E-state index contributed by atoms with van der Waals surface area (Å²) in [6.07, 6.45) is 0.410. The number of amides is 1. The number of hydrogen-bond donors (Lipinski definition) is 1. The van der Waals surface area contributed by atoms with Crippen molar-refractivity contribution in [3.05, 3.63) is 34.6 Å². The highest BCUT2D eigenvalue weighted by Crippen LogP contribution is 2.15. The molecule has 0 aliphatic rings. The minimum absolute atomic E-state index is 0.160. The Balaban J connectivity index is 2.87. The molecule has 0 fully saturated rings. The molecule has 0 bridgehead atoms. The fourth-order valence-corrected chi connectivity index (χ4v) is 1.90. The van der Waals surface area contributed by atoms with E-state index < -0.39 is 23.7 Å². The molecule has 110 valence electrons. The summed E-state index contributed by atoms with van der Waals surface area (Å²) in [5, 5.41) is 2.68. The Kier molecular flexibility index (Phi) is 5.95. The minimum atomic E-state index is -0.803. The van der Waals surface area contributed by atoms with Crippen molar-refractivity contribution in [2.45, 2.75) is 26.3 Å². The number of carbonyl (C=O) groups excluding carboxylic acids is 2. The molecule has 1 unspecified atom stereocenters. The van der Waals surface area contributed by atoms with Crippen molar-refractivity contribution >= 4 is 23.5 Å². The molecular formula is C14H17ClFNO3. The normalized spacial score (nSPS) is 12.1. The van der Waals surface area contributed by atoms with Gasteiger partial charge in [-0.25, -0.2) is 9.18 Å². The van der Waals surface area contributed by atoms with Crippen LogP contribution in [0, 0.1) is 11.7 Å². The van der Waals surface area contributed by atoms with Crippen molar-refractivity contribution in [2.75, 3.05) is 7.11 Å². The highest BCUT2D eigenvalue weighted by molar-refractivity contribution is 6.30. The maximum absolute atomic E-state index is 13.6. The summed E-state index contributed by atoms with van der Waals surface area (Å²) in [6.45, 7) is 3.82. The van der Waals surface area contributed by atoms with Gasteiger partial charge in [0.1, 0.15) is 11.9 Å². The van der Waals surface area contributed by atoms with Crippen LogP contribution in [0.25, 0.3) is 0 Å². The molecule has 20 heavy (non-hydrogen) atoms. The second kappa shape index (κ2) is 7.24. The molecule has 0 aliphatic carbocycles. The Morgan fingerprint density at radius 1 is 1.40 bits per heavy atom. The molecule has 6 heteroatoms. The smallest absolute Gasteiger partial charge is 0.328 e. The monoisotopic (exact) mass is 301 g/mol. The fraction of sp³-hybridized carbons (Fsp3) is 0.429. The zero-order valence-corrected chi connectivity index (χ0v) is 12.3. The number of benzene rings is 1. The maximum Gasteiger partial charge on any atom is 0.328 e. The number of ether oxygens (including phenoxy) is 1. The molecule has 4 nitrogen and oxygen atoms in total. The van der Waals surface area contributed by atoms with Crippen LogP contribution in [-0.4, -0.2) is 25.0 Å². The van der Waals surface area contributed by atoms with Crippen LogP contribution in [0.4, 0.5) is 4.39 Å². The number of nitrogens with one attached hydrogen (secondary N) is 1. The van der Waals surface area contributed by atoms with Crippen molar-refractivity contribution in [2.24, 2.45) is 5.92 Å². The van der Waals surface area contributed by atoms with Crippen LogP contribution in [0.1, 0.15) is 30.6 Å². The first-order chi connectivity index (χ1) is 9.35. The molecule has 0 radical (unpaired) electrons. The second-order valence-corrected chi connectivity index (χ2v) is 5.24. The lowest BCUT2D eigenvalue weighted by Crippen LogP contribution is -2.42. The molecule has 1 rings (SSSR count). The Bertz CT molecular complexity index is 505. The number of carbonyl (C=O) groups is 2. The molecule has 1 N–H and O–H groups in total. The van der Waals surface area contributed by atoms with E-state index in [0.29, 0.717) is 6.42 Å². The number of hydrogen-bond acceptors (Lipinski definition) is 3. The molecule has 1 aromatic carbocycles. The molecule has 0 saturated heterocycles. The van der Waals surface area contributed by atoms with Gasteiger partial charge in [-0.05, 0) is 30.5 Å². The summed E-state index contributed by atoms with van der Waals surface area (Å²) in [4.78, 5) is 23.6. The van der Waals surface area contributed by atoms with Crippen LogP contribution in [0.15, 0.2) is 18.2 Å². The van der Waals surface area contributed by atoms with Gasteiger partial charge in [0.25, 0.3) is 5.91 Å². The first-order valence-electron chi connectivity index (χ1n) is 6.19. The summed E-state index contributed by atoms with van der Waals surface area (Å²) in [5.74, 6) is -1.78. The zero-order valence-electron chi connectivity index (χ0n) is 11.6. The summed E-state index contributed by atoms with van der Waals surface area (Å²) in [7, 11) is 1.24. The zero-order chi connectivity index (χ0) is 15.3. The van der Waals surface area contributed by atoms with Crippen LogP contribution < -0.4 is 5.32 Å². The second-order valence-electron chi connectivity index (χ2n) is 4.80. The molecule has 0 aliphatic heterocycles. The highest BCUT2D eigenvalue weighted by Gasteiger charge is 2.24. The SMILES string of the molecule is COC(=O)C(CC(C)C)NC(=O)c1ccc(Cl)cc1F. The lowest BCUT2D eigenvalue weighted by Gasteiger charge is -2.18. The molecule has 0 heterocycles. The van der Waals surface area contributed by atoms with E-state index in [1.54, 1.807) is 0 Å². The fourth-order valence-electron chi connectivity index (χ4n) is 1.74. The van der Waals surface area contributed by atoms with Gasteiger partial charge in [-0.2, -0.15) is 0 Å². The van der Waals surface area contributed by atoms with E-state index in [-0.39, 0.29) is 16.5 Å². The summed E-state index contributed by atoms with van der Waals surface area (Å²) >= 11 is 5.62. The van der Waals surface area contributed by atoms with Crippen LogP contribution in [-0.2, 0) is 9.53 Å². The van der Waals surface area contributed by atoms with Crippen molar-refractivity contribution < 1.29 is 18.7 Å². The van der Waals surface area contributed by atoms with Crippen molar-refractivity contribution in [1.82, 2.24) is 5.32 Å². The third-order valence-corrected chi connectivity index (χ3v) is 2.91. The van der Waals surface area contributed by atoms with Crippen LogP contribution in [0.2, 0.25) is 5.02 Å². The van der Waals surface area contributed by atoms with Gasteiger partial charge in [-0.3, -0.25) is 4.79 Å². The van der Waals surface area contributed by atoms with Gasteiger partial charge in [-0.1, -0.05) is 25.4 Å². The first kappa shape index (κ1) is 16.4. The van der Waals surface area contributed by atoms with Crippen molar-refractivity contribution in [3.8, 4) is 0 Å². The quantitative estimate of drug-likeness (QED) is 0.851. The van der Waals surface area contributed by atoms with E-state index >= 15 is 0 Å². The lowest BCUT2D eigenvalue weighted by molar-refractivity contribution is -0.143. The Morgan fingerprint density at radius 2 is 2.05 bits per heavy atom. The van der Waals surface area contributed by atoms with E-state index in [0.717, 1.165) is 6.07 Å². The van der Waals surface area contributed by atoms with Gasteiger partial charge in [0.15, 0.2) is 0 Å². The predicted octanol–water partition coefficient (Wildman–Crippen LogP) is 2.80. The van der Waals surface area contributed by atoms with Gasteiger partial charge in [0.2, 0.25) is 0 Å². The number of esters is 1. The lowest BCUT2D eigenvalue weighted by atomic mass is 10.0. The van der Waals surface area contributed by atoms with E-state index in [1.165, 1.54) is 19.2 Å². The van der Waals surface area contributed by atoms with Crippen LogP contribution in [0.3, 0.4) is 0 Å². The van der Waals surface area contributed by atoms with Crippen LogP contribution in [0.5, 0.6) is 0 Å². The van der Waals surface area contributed by atoms with Gasteiger partial charge in [-0.15, -0.1) is 0 Å². The average Bonchev–Trinajstić information content (AvgIpc) is 2.36. The molecule has 1 aromatic rings. The summed E-state index contributed by atoms with van der Waals surface area (Å²) in [5.41, 5.74) is -0.160. The molecule has 0 spiro atoms. The average molecular weight is 302 g/mol. The van der Waals surface area contributed by atoms with E-state index in [4.69, 9.17) is 11.6 Å². The van der Waals surface area contributed by atoms with E-state index in [9.17, 15) is 14.0 Å². The molecular weight excluding hydrogens is 285 g/mol. The highest BCUT2D eigenvalue weighted by atomic mass is 35.5. The Labute approximate surface area is 122 Å². The molecule has 0 saturated carbocycles. The minimum Gasteiger partial charge on any atom is -0.467 e. The van der Waals surface area contributed by atoms with Crippen molar-refractivity contribution in [1.29, 1.82) is 0 Å². The third kappa shape index (κ3) is 4.49. The topological polar surface area (TPSA) is 55.4 Å². The summed E-state index contributed by atoms with van der Waals surface area (Å²) in [6, 6.07) is 2.93. The number of rotatable bonds is 5. The van der Waals surface area contributed by atoms with Gasteiger partial charge in [0, 0.05) is 5.02 Å². The molecule has 1 amide bonds. The maximum atomic E-state index is 13.6. The molecule has 1 atom stereocenters. The number of halogens is 2. The first-order valence-corrected chi connectivity index (χ1v) is 6.56. The Hall–Kier alpha value is -1.62. The Morgan fingerprint density at radius 3 is 2.55 bits per heavy atom. The van der Waals surface area contributed by atoms with Gasteiger partial charge in [0.05, 0.1) is 12.7 Å². The van der Waals surface area contributed by atoms with E-state index in [1.807, 2.05) is 13.8 Å². The predicted molar refractivity (Wildman–Crippen MR) is 74.1 cm³/mol. The third-order valence-electron chi connectivity index (χ3n) is 2.67. The van der Waals surface area contributed by atoms with Gasteiger partial charge >= 0.3 is 5.97 Å².